The maximum Gasteiger partial charge on any atom is 0.340 e. The number of epoxide rings is 1. The van der Waals surface area contributed by atoms with E-state index in [0.29, 0.717) is 0 Å². The SMILES string of the molecule is C[C@@H](O)[C@@H]1OC(=O)[C@H](O)C2=C1[C@H](O)[C@H]1OC(=O)[C@]3(C)[C@H]1[C@]2(C)[C@@H]1O[C@@H]1[C@@H]3O. The number of carbonyl (C=O) groups is 2. The van der Waals surface area contributed by atoms with Gasteiger partial charge in [-0.05, 0) is 19.4 Å². The van der Waals surface area contributed by atoms with Gasteiger partial charge in [0.2, 0.25) is 0 Å². The molecule has 3 aliphatic heterocycles. The van der Waals surface area contributed by atoms with E-state index in [0.717, 1.165) is 0 Å². The second kappa shape index (κ2) is 4.90. The first-order chi connectivity index (χ1) is 12.6. The highest BCUT2D eigenvalue weighted by atomic mass is 16.6. The van der Waals surface area contributed by atoms with Crippen LogP contribution in [0.3, 0.4) is 0 Å². The maximum atomic E-state index is 12.7. The molecule has 0 spiro atoms. The van der Waals surface area contributed by atoms with E-state index < -0.39 is 77.5 Å². The molecule has 9 nitrogen and oxygen atoms in total. The lowest BCUT2D eigenvalue weighted by atomic mass is 9.47. The molecule has 0 aromatic carbocycles. The lowest BCUT2D eigenvalue weighted by Gasteiger charge is -2.55. The second-order valence-corrected chi connectivity index (χ2v) is 8.69. The molecule has 5 rings (SSSR count). The molecule has 148 valence electrons. The van der Waals surface area contributed by atoms with Crippen LogP contribution < -0.4 is 0 Å². The van der Waals surface area contributed by atoms with E-state index in [-0.39, 0.29) is 11.1 Å². The summed E-state index contributed by atoms with van der Waals surface area (Å²) in [6.07, 6.45) is -8.65. The molecular weight excluding hydrogens is 360 g/mol. The highest BCUT2D eigenvalue weighted by Gasteiger charge is 2.81. The third-order valence-electron chi connectivity index (χ3n) is 7.35. The van der Waals surface area contributed by atoms with Crippen LogP contribution >= 0.6 is 0 Å². The van der Waals surface area contributed by atoms with E-state index in [9.17, 15) is 30.0 Å². The van der Waals surface area contributed by atoms with Crippen molar-refractivity contribution < 1.29 is 44.2 Å². The van der Waals surface area contributed by atoms with Crippen molar-refractivity contribution in [2.24, 2.45) is 16.7 Å². The van der Waals surface area contributed by atoms with Gasteiger partial charge in [0.1, 0.15) is 23.7 Å². The first-order valence-corrected chi connectivity index (χ1v) is 9.10. The van der Waals surface area contributed by atoms with Gasteiger partial charge in [-0.25, -0.2) is 4.79 Å². The van der Waals surface area contributed by atoms with Crippen molar-refractivity contribution >= 4 is 11.9 Å². The molecule has 5 aliphatic rings. The Kier molecular flexibility index (Phi) is 3.19. The summed E-state index contributed by atoms with van der Waals surface area (Å²) < 4.78 is 16.4. The Balaban J connectivity index is 1.79. The van der Waals surface area contributed by atoms with Crippen LogP contribution in [-0.2, 0) is 23.8 Å². The Morgan fingerprint density at radius 1 is 1.04 bits per heavy atom. The highest BCUT2D eigenvalue weighted by molar-refractivity contribution is 5.85. The van der Waals surface area contributed by atoms with Gasteiger partial charge in [0.05, 0.1) is 18.3 Å². The number of carbonyl (C=O) groups excluding carboxylic acids is 2. The first-order valence-electron chi connectivity index (χ1n) is 9.10. The summed E-state index contributed by atoms with van der Waals surface area (Å²) in [5, 5.41) is 42.5. The Labute approximate surface area is 154 Å². The van der Waals surface area contributed by atoms with Crippen molar-refractivity contribution in [3.8, 4) is 0 Å². The van der Waals surface area contributed by atoms with Gasteiger partial charge in [0.15, 0.2) is 12.2 Å². The van der Waals surface area contributed by atoms with Crippen LogP contribution in [0, 0.1) is 16.7 Å². The van der Waals surface area contributed by atoms with Crippen molar-refractivity contribution in [2.75, 3.05) is 0 Å². The molecule has 0 bridgehead atoms. The number of esters is 2. The van der Waals surface area contributed by atoms with E-state index in [1.54, 1.807) is 13.8 Å². The van der Waals surface area contributed by atoms with Crippen LogP contribution in [-0.4, -0.2) is 81.2 Å². The third kappa shape index (κ3) is 1.73. The molecule has 0 aromatic heterocycles. The smallest absolute Gasteiger partial charge is 0.340 e. The van der Waals surface area contributed by atoms with Crippen molar-refractivity contribution in [2.45, 2.75) is 69.6 Å². The van der Waals surface area contributed by atoms with Crippen molar-refractivity contribution in [3.63, 3.8) is 0 Å². The predicted octanol–water partition coefficient (Wildman–Crippen LogP) is -1.98. The Bertz CT molecular complexity index is 790. The summed E-state index contributed by atoms with van der Waals surface area (Å²) in [6, 6.07) is 0. The lowest BCUT2D eigenvalue weighted by molar-refractivity contribution is -0.171. The molecule has 0 amide bonds. The molecule has 3 fully saturated rings. The number of hydrogen-bond acceptors (Lipinski definition) is 9. The summed E-state index contributed by atoms with van der Waals surface area (Å²) in [5.41, 5.74) is -2.03. The molecule has 0 aromatic rings. The second-order valence-electron chi connectivity index (χ2n) is 8.69. The number of fused-ring (bicyclic) bond motifs is 3. The van der Waals surface area contributed by atoms with Gasteiger partial charge >= 0.3 is 11.9 Å². The number of aliphatic hydroxyl groups is 4. The molecule has 0 unspecified atom stereocenters. The van der Waals surface area contributed by atoms with Crippen LogP contribution in [0.2, 0.25) is 0 Å². The third-order valence-corrected chi connectivity index (χ3v) is 7.35. The van der Waals surface area contributed by atoms with E-state index in [2.05, 4.69) is 0 Å². The maximum absolute atomic E-state index is 12.7. The molecule has 27 heavy (non-hydrogen) atoms. The van der Waals surface area contributed by atoms with Crippen LogP contribution in [0.25, 0.3) is 0 Å². The number of ether oxygens (including phenoxy) is 3. The number of aliphatic hydroxyl groups excluding tert-OH is 4. The molecule has 2 saturated heterocycles. The fourth-order valence-electron chi connectivity index (χ4n) is 6.14. The van der Waals surface area contributed by atoms with Crippen LogP contribution in [0.1, 0.15) is 20.8 Å². The molecular formula is C18H22O9. The van der Waals surface area contributed by atoms with Gasteiger partial charge in [-0.15, -0.1) is 0 Å². The van der Waals surface area contributed by atoms with Crippen LogP contribution in [0.15, 0.2) is 11.1 Å². The summed E-state index contributed by atoms with van der Waals surface area (Å²) >= 11 is 0. The topological polar surface area (TPSA) is 146 Å². The molecule has 4 N–H and O–H groups in total. The summed E-state index contributed by atoms with van der Waals surface area (Å²) in [5.74, 6) is -2.29. The van der Waals surface area contributed by atoms with Crippen molar-refractivity contribution in [3.05, 3.63) is 11.1 Å². The predicted molar refractivity (Wildman–Crippen MR) is 84.9 cm³/mol. The highest BCUT2D eigenvalue weighted by Crippen LogP contribution is 2.69. The van der Waals surface area contributed by atoms with Gasteiger partial charge in [0.25, 0.3) is 0 Å². The van der Waals surface area contributed by atoms with E-state index in [1.807, 2.05) is 0 Å². The Morgan fingerprint density at radius 2 is 1.70 bits per heavy atom. The summed E-state index contributed by atoms with van der Waals surface area (Å²) in [6.45, 7) is 4.73. The molecule has 0 radical (unpaired) electrons. The van der Waals surface area contributed by atoms with Gasteiger partial charge in [-0.3, -0.25) is 4.79 Å². The molecule has 11 atom stereocenters. The fraction of sp³-hybridized carbons (Fsp3) is 0.778. The fourth-order valence-corrected chi connectivity index (χ4v) is 6.14. The molecule has 2 aliphatic carbocycles. The average Bonchev–Trinajstić information content (AvgIpc) is 3.35. The Hall–Kier alpha value is -1.52. The Morgan fingerprint density at radius 3 is 2.33 bits per heavy atom. The van der Waals surface area contributed by atoms with Crippen LogP contribution in [0.4, 0.5) is 0 Å². The lowest BCUT2D eigenvalue weighted by Crippen LogP contribution is -2.66. The standard InChI is InChI=1S/C18H22O9/c1-4(19)9-5-6(8(21)15(23)26-9)17(2)12-10(7(5)20)27-16(24)18(12,3)13(22)11-14(17)25-11/h4,7-14,19-22H,1-3H3/t4-,7+,8-,9+,10-,11-,12-,13+,14-,17-,18-/m1/s1. The van der Waals surface area contributed by atoms with Crippen molar-refractivity contribution in [1.82, 2.24) is 0 Å². The minimum atomic E-state index is -1.66. The summed E-state index contributed by atoms with van der Waals surface area (Å²) in [4.78, 5) is 25.0. The van der Waals surface area contributed by atoms with Gasteiger partial charge < -0.3 is 34.6 Å². The minimum absolute atomic E-state index is 0.156. The molecule has 1 saturated carbocycles. The largest absolute Gasteiger partial charge is 0.458 e. The first kappa shape index (κ1) is 17.6. The molecule has 3 heterocycles. The minimum Gasteiger partial charge on any atom is -0.458 e. The van der Waals surface area contributed by atoms with E-state index >= 15 is 0 Å². The van der Waals surface area contributed by atoms with Crippen molar-refractivity contribution in [1.29, 1.82) is 0 Å². The zero-order chi connectivity index (χ0) is 19.6. The summed E-state index contributed by atoms with van der Waals surface area (Å²) in [7, 11) is 0. The normalized spacial score (nSPS) is 56.6. The number of cyclic esters (lactones) is 1. The van der Waals surface area contributed by atoms with E-state index in [1.165, 1.54) is 6.92 Å². The van der Waals surface area contributed by atoms with Gasteiger partial charge in [-0.1, -0.05) is 6.92 Å². The monoisotopic (exact) mass is 382 g/mol. The van der Waals surface area contributed by atoms with E-state index in [4.69, 9.17) is 14.2 Å². The molecule has 9 heteroatoms. The number of rotatable bonds is 1. The quantitative estimate of drug-likeness (QED) is 0.230. The van der Waals surface area contributed by atoms with Gasteiger partial charge in [-0.2, -0.15) is 0 Å². The zero-order valence-electron chi connectivity index (χ0n) is 15.0. The number of hydrogen-bond donors (Lipinski definition) is 4. The van der Waals surface area contributed by atoms with Gasteiger partial charge in [0, 0.05) is 16.9 Å². The van der Waals surface area contributed by atoms with Crippen LogP contribution in [0.5, 0.6) is 0 Å². The zero-order valence-corrected chi connectivity index (χ0v) is 15.0. The average molecular weight is 382 g/mol.